The molecule has 0 spiro atoms. The van der Waals surface area contributed by atoms with E-state index in [1.807, 2.05) is 19.1 Å². The third-order valence-corrected chi connectivity index (χ3v) is 4.05. The number of hydrogen-bond donors (Lipinski definition) is 2. The second kappa shape index (κ2) is 8.01. The quantitative estimate of drug-likeness (QED) is 0.696. The summed E-state index contributed by atoms with van der Waals surface area (Å²) in [5.41, 5.74) is 1.15. The van der Waals surface area contributed by atoms with Crippen LogP contribution < -0.4 is 15.6 Å². The summed E-state index contributed by atoms with van der Waals surface area (Å²) in [4.78, 5) is 23.5. The summed E-state index contributed by atoms with van der Waals surface area (Å²) in [5, 5.41) is 18.6. The van der Waals surface area contributed by atoms with Crippen molar-refractivity contribution in [2.75, 3.05) is 11.9 Å². The number of aromatic nitrogens is 2. The highest BCUT2D eigenvalue weighted by Gasteiger charge is 2.12. The van der Waals surface area contributed by atoms with Crippen molar-refractivity contribution in [1.29, 1.82) is 0 Å². The van der Waals surface area contributed by atoms with Gasteiger partial charge in [0.15, 0.2) is 0 Å². The van der Waals surface area contributed by atoms with E-state index in [1.165, 1.54) is 11.6 Å². The van der Waals surface area contributed by atoms with Crippen molar-refractivity contribution >= 4 is 22.4 Å². The molecule has 0 fully saturated rings. The van der Waals surface area contributed by atoms with Crippen molar-refractivity contribution in [3.63, 3.8) is 0 Å². The van der Waals surface area contributed by atoms with Crippen molar-refractivity contribution in [3.05, 3.63) is 64.6 Å². The van der Waals surface area contributed by atoms with Gasteiger partial charge >= 0.3 is 0 Å². The van der Waals surface area contributed by atoms with Gasteiger partial charge in [0.2, 0.25) is 5.91 Å². The molecule has 0 aliphatic carbocycles. The van der Waals surface area contributed by atoms with Crippen molar-refractivity contribution in [1.82, 2.24) is 9.78 Å². The van der Waals surface area contributed by atoms with Gasteiger partial charge in [0.25, 0.3) is 5.56 Å². The van der Waals surface area contributed by atoms with Gasteiger partial charge < -0.3 is 15.2 Å². The largest absolute Gasteiger partial charge is 0.491 e. The maximum atomic E-state index is 12.5. The van der Waals surface area contributed by atoms with Gasteiger partial charge in [-0.1, -0.05) is 18.2 Å². The number of fused-ring (bicyclic) bond motifs is 1. The molecule has 0 saturated heterocycles. The zero-order valence-corrected chi connectivity index (χ0v) is 15.2. The van der Waals surface area contributed by atoms with Crippen molar-refractivity contribution in [2.45, 2.75) is 26.5 Å². The molecule has 0 aliphatic rings. The monoisotopic (exact) mass is 367 g/mol. The van der Waals surface area contributed by atoms with E-state index >= 15 is 0 Å². The molecule has 0 unspecified atom stereocenters. The van der Waals surface area contributed by atoms with Gasteiger partial charge in [0.1, 0.15) is 18.5 Å². The Morgan fingerprint density at radius 1 is 1.19 bits per heavy atom. The number of amides is 1. The number of carbonyl (C=O) groups excluding carboxylic acids is 1. The lowest BCUT2D eigenvalue weighted by Gasteiger charge is -2.15. The molecule has 140 valence electrons. The molecule has 27 heavy (non-hydrogen) atoms. The highest BCUT2D eigenvalue weighted by molar-refractivity contribution is 5.88. The van der Waals surface area contributed by atoms with Crippen LogP contribution in [0.2, 0.25) is 0 Å². The Hall–Kier alpha value is -3.19. The van der Waals surface area contributed by atoms with E-state index in [0.717, 1.165) is 11.1 Å². The SMILES string of the molecule is CC(=O)Nc1ccc(OC[C@H](O)Cn2nc(C)c3ccccc3c2=O)cc1. The minimum Gasteiger partial charge on any atom is -0.491 e. The number of anilines is 1. The molecule has 0 saturated carbocycles. The predicted molar refractivity (Wildman–Crippen MR) is 103 cm³/mol. The number of aryl methyl sites for hydroxylation is 1. The molecule has 1 aromatic heterocycles. The number of aliphatic hydroxyl groups excluding tert-OH is 1. The first-order valence-corrected chi connectivity index (χ1v) is 8.59. The van der Waals surface area contributed by atoms with Crippen LogP contribution in [0.4, 0.5) is 5.69 Å². The first kappa shape index (κ1) is 18.6. The average Bonchev–Trinajstić information content (AvgIpc) is 2.65. The van der Waals surface area contributed by atoms with Crippen LogP contribution in [-0.4, -0.2) is 33.5 Å². The van der Waals surface area contributed by atoms with Gasteiger partial charge in [-0.15, -0.1) is 0 Å². The van der Waals surface area contributed by atoms with E-state index in [4.69, 9.17) is 4.74 Å². The third kappa shape index (κ3) is 4.51. The number of nitrogens with one attached hydrogen (secondary N) is 1. The summed E-state index contributed by atoms with van der Waals surface area (Å²) in [6.07, 6.45) is -0.897. The van der Waals surface area contributed by atoms with Gasteiger partial charge in [-0.3, -0.25) is 9.59 Å². The average molecular weight is 367 g/mol. The number of aliphatic hydroxyl groups is 1. The fourth-order valence-electron chi connectivity index (χ4n) is 2.81. The summed E-state index contributed by atoms with van der Waals surface area (Å²) < 4.78 is 6.82. The summed E-state index contributed by atoms with van der Waals surface area (Å²) in [5.74, 6) is 0.404. The molecule has 2 N–H and O–H groups in total. The number of rotatable bonds is 6. The maximum absolute atomic E-state index is 12.5. The normalized spacial score (nSPS) is 12.0. The molecule has 3 rings (SSSR count). The van der Waals surface area contributed by atoms with E-state index < -0.39 is 6.10 Å². The number of benzene rings is 2. The fourth-order valence-corrected chi connectivity index (χ4v) is 2.81. The molecule has 2 aromatic carbocycles. The van der Waals surface area contributed by atoms with Gasteiger partial charge in [-0.05, 0) is 37.3 Å². The Bertz CT molecular complexity index is 1010. The predicted octanol–water partition coefficient (Wildman–Crippen LogP) is 2.10. The maximum Gasteiger partial charge on any atom is 0.274 e. The zero-order valence-electron chi connectivity index (χ0n) is 15.2. The topological polar surface area (TPSA) is 93.4 Å². The Morgan fingerprint density at radius 3 is 2.52 bits per heavy atom. The molecule has 3 aromatic rings. The lowest BCUT2D eigenvalue weighted by Crippen LogP contribution is -2.32. The molecule has 7 heteroatoms. The van der Waals surface area contributed by atoms with Crippen LogP contribution in [0.1, 0.15) is 12.6 Å². The van der Waals surface area contributed by atoms with Gasteiger partial charge in [-0.25, -0.2) is 4.68 Å². The molecule has 1 heterocycles. The first-order chi connectivity index (χ1) is 12.9. The molecule has 0 aliphatic heterocycles. The summed E-state index contributed by atoms with van der Waals surface area (Å²) in [7, 11) is 0. The van der Waals surface area contributed by atoms with Crippen LogP contribution in [0.25, 0.3) is 10.8 Å². The van der Waals surface area contributed by atoms with Gasteiger partial charge in [-0.2, -0.15) is 5.10 Å². The van der Waals surface area contributed by atoms with Crippen LogP contribution >= 0.6 is 0 Å². The van der Waals surface area contributed by atoms with Crippen molar-refractivity contribution in [2.24, 2.45) is 0 Å². The molecule has 7 nitrogen and oxygen atoms in total. The lowest BCUT2D eigenvalue weighted by molar-refractivity contribution is -0.114. The number of nitrogens with zero attached hydrogens (tertiary/aromatic N) is 2. The van der Waals surface area contributed by atoms with E-state index in [9.17, 15) is 14.7 Å². The number of carbonyl (C=O) groups is 1. The third-order valence-electron chi connectivity index (χ3n) is 4.05. The van der Waals surface area contributed by atoms with E-state index in [-0.39, 0.29) is 24.6 Å². The number of hydrogen-bond acceptors (Lipinski definition) is 5. The second-order valence-corrected chi connectivity index (χ2v) is 6.29. The van der Waals surface area contributed by atoms with Crippen LogP contribution in [0.3, 0.4) is 0 Å². The molecule has 1 atom stereocenters. The Morgan fingerprint density at radius 2 is 1.85 bits per heavy atom. The molecule has 1 amide bonds. The first-order valence-electron chi connectivity index (χ1n) is 8.59. The minimum atomic E-state index is -0.897. The number of ether oxygens (including phenoxy) is 1. The standard InChI is InChI=1S/C20H21N3O4/c1-13-18-5-3-4-6-19(18)20(26)23(22-13)11-16(25)12-27-17-9-7-15(8-10-17)21-14(2)24/h3-10,16,25H,11-12H2,1-2H3,(H,21,24)/t16-/m1/s1. The van der Waals surface area contributed by atoms with Crippen LogP contribution in [0.5, 0.6) is 5.75 Å². The Kier molecular flexibility index (Phi) is 5.52. The van der Waals surface area contributed by atoms with Crippen LogP contribution in [-0.2, 0) is 11.3 Å². The molecular formula is C20H21N3O4. The Labute approximate surface area is 156 Å². The van der Waals surface area contributed by atoms with E-state index in [0.29, 0.717) is 16.8 Å². The summed E-state index contributed by atoms with van der Waals surface area (Å²) in [6.45, 7) is 3.32. The zero-order chi connectivity index (χ0) is 19.4. The minimum absolute atomic E-state index is 0.0134. The molecule has 0 bridgehead atoms. The van der Waals surface area contributed by atoms with Crippen molar-refractivity contribution in [3.8, 4) is 5.75 Å². The smallest absolute Gasteiger partial charge is 0.274 e. The van der Waals surface area contributed by atoms with E-state index in [1.54, 1.807) is 36.4 Å². The summed E-state index contributed by atoms with van der Waals surface area (Å²) in [6, 6.07) is 14.1. The second-order valence-electron chi connectivity index (χ2n) is 6.29. The van der Waals surface area contributed by atoms with Gasteiger partial charge in [0.05, 0.1) is 17.6 Å². The summed E-state index contributed by atoms with van der Waals surface area (Å²) >= 11 is 0. The van der Waals surface area contributed by atoms with Crippen molar-refractivity contribution < 1.29 is 14.6 Å². The Balaban J connectivity index is 1.65. The fraction of sp³-hybridized carbons (Fsp3) is 0.250. The van der Waals surface area contributed by atoms with Gasteiger partial charge in [0, 0.05) is 18.0 Å². The van der Waals surface area contributed by atoms with Crippen LogP contribution in [0, 0.1) is 6.92 Å². The lowest BCUT2D eigenvalue weighted by atomic mass is 10.1. The molecular weight excluding hydrogens is 346 g/mol. The van der Waals surface area contributed by atoms with E-state index in [2.05, 4.69) is 10.4 Å². The highest BCUT2D eigenvalue weighted by atomic mass is 16.5. The highest BCUT2D eigenvalue weighted by Crippen LogP contribution is 2.16. The molecule has 0 radical (unpaired) electrons. The van der Waals surface area contributed by atoms with Crippen LogP contribution in [0.15, 0.2) is 53.3 Å².